The molecule has 0 unspecified atom stereocenters. The fourth-order valence-corrected chi connectivity index (χ4v) is 2.31. The summed E-state index contributed by atoms with van der Waals surface area (Å²) in [6.45, 7) is 8.17. The molecular weight excluding hydrogens is 214 g/mol. The smallest absolute Gasteiger partial charge is 0.168 e. The third kappa shape index (κ3) is 3.42. The van der Waals surface area contributed by atoms with Crippen LogP contribution in [0.25, 0.3) is 0 Å². The van der Waals surface area contributed by atoms with Crippen molar-refractivity contribution in [2.24, 2.45) is 16.3 Å². The van der Waals surface area contributed by atoms with Crippen LogP contribution in [0.15, 0.2) is 16.3 Å². The van der Waals surface area contributed by atoms with Gasteiger partial charge in [-0.25, -0.2) is 0 Å². The maximum atomic E-state index is 12.1. The van der Waals surface area contributed by atoms with Crippen molar-refractivity contribution in [1.29, 1.82) is 0 Å². The van der Waals surface area contributed by atoms with E-state index in [9.17, 15) is 9.90 Å². The first-order chi connectivity index (χ1) is 7.76. The Morgan fingerprint density at radius 3 is 2.41 bits per heavy atom. The molecule has 17 heavy (non-hydrogen) atoms. The van der Waals surface area contributed by atoms with Crippen molar-refractivity contribution in [2.45, 2.75) is 47.0 Å². The van der Waals surface area contributed by atoms with Crippen LogP contribution >= 0.6 is 0 Å². The molecule has 1 aliphatic rings. The molecule has 1 N–H and O–H groups in total. The summed E-state index contributed by atoms with van der Waals surface area (Å²) < 4.78 is 0. The zero-order chi connectivity index (χ0) is 13.2. The highest BCUT2D eigenvalue weighted by Gasteiger charge is 2.34. The zero-order valence-corrected chi connectivity index (χ0v) is 11.5. The van der Waals surface area contributed by atoms with E-state index in [4.69, 9.17) is 0 Å². The molecular formula is C14H23NO2. The van der Waals surface area contributed by atoms with Gasteiger partial charge in [-0.1, -0.05) is 27.7 Å². The largest absolute Gasteiger partial charge is 0.511 e. The van der Waals surface area contributed by atoms with Gasteiger partial charge in [-0.2, -0.15) is 0 Å². The van der Waals surface area contributed by atoms with Gasteiger partial charge < -0.3 is 5.11 Å². The van der Waals surface area contributed by atoms with E-state index in [2.05, 4.69) is 18.8 Å². The molecule has 96 valence electrons. The minimum Gasteiger partial charge on any atom is -0.511 e. The molecule has 0 aliphatic heterocycles. The Kier molecular flexibility index (Phi) is 4.12. The van der Waals surface area contributed by atoms with Crippen molar-refractivity contribution in [3.63, 3.8) is 0 Å². The van der Waals surface area contributed by atoms with Gasteiger partial charge in [-0.05, 0) is 17.8 Å². The lowest BCUT2D eigenvalue weighted by Gasteiger charge is -2.30. The van der Waals surface area contributed by atoms with Gasteiger partial charge in [-0.3, -0.25) is 9.79 Å². The molecule has 0 fully saturated rings. The van der Waals surface area contributed by atoms with E-state index in [1.807, 2.05) is 13.8 Å². The number of Topliss-reactive ketones (excluding diaryl/α,β-unsaturated/α-hetero) is 1. The van der Waals surface area contributed by atoms with Gasteiger partial charge in [0, 0.05) is 25.6 Å². The van der Waals surface area contributed by atoms with E-state index in [1.54, 1.807) is 7.05 Å². The summed E-state index contributed by atoms with van der Waals surface area (Å²) in [5.74, 6) is 0.671. The Morgan fingerprint density at radius 1 is 1.41 bits per heavy atom. The number of ketones is 1. The highest BCUT2D eigenvalue weighted by atomic mass is 16.3. The van der Waals surface area contributed by atoms with Crippen LogP contribution in [-0.4, -0.2) is 23.6 Å². The van der Waals surface area contributed by atoms with E-state index in [1.165, 1.54) is 0 Å². The third-order valence-electron chi connectivity index (χ3n) is 3.01. The Morgan fingerprint density at radius 2 is 2.00 bits per heavy atom. The lowest BCUT2D eigenvalue weighted by Crippen LogP contribution is -2.29. The first-order valence-corrected chi connectivity index (χ1v) is 6.18. The maximum Gasteiger partial charge on any atom is 0.168 e. The number of nitrogens with zero attached hydrogens (tertiary/aromatic N) is 1. The Labute approximate surface area is 104 Å². The van der Waals surface area contributed by atoms with Gasteiger partial charge in [-0.15, -0.1) is 0 Å². The fraction of sp³-hybridized carbons (Fsp3) is 0.714. The number of aliphatic hydroxyl groups is 1. The number of allylic oxidation sites excluding steroid dienone is 2. The predicted octanol–water partition coefficient (Wildman–Crippen LogP) is 3.30. The van der Waals surface area contributed by atoms with Crippen molar-refractivity contribution in [3.05, 3.63) is 11.3 Å². The number of hydrogen-bond donors (Lipinski definition) is 1. The molecule has 0 bridgehead atoms. The topological polar surface area (TPSA) is 49.7 Å². The lowest BCUT2D eigenvalue weighted by molar-refractivity contribution is -0.117. The molecule has 1 aliphatic carbocycles. The van der Waals surface area contributed by atoms with E-state index < -0.39 is 0 Å². The van der Waals surface area contributed by atoms with E-state index in [-0.39, 0.29) is 17.0 Å². The molecule has 0 amide bonds. The van der Waals surface area contributed by atoms with Crippen molar-refractivity contribution < 1.29 is 9.90 Å². The SMILES string of the molecule is CN=C(CC(C)C)C1=C(O)CC(C)(C)CC1=O. The average Bonchev–Trinajstić information content (AvgIpc) is 2.12. The van der Waals surface area contributed by atoms with E-state index in [0.717, 1.165) is 12.1 Å². The second kappa shape index (κ2) is 5.03. The molecule has 3 nitrogen and oxygen atoms in total. The molecule has 0 aromatic heterocycles. The summed E-state index contributed by atoms with van der Waals surface area (Å²) in [5, 5.41) is 10.1. The number of aliphatic hydroxyl groups excluding tert-OH is 1. The van der Waals surface area contributed by atoms with Crippen molar-refractivity contribution >= 4 is 11.5 Å². The second-order valence-corrected chi connectivity index (χ2v) is 6.03. The summed E-state index contributed by atoms with van der Waals surface area (Å²) >= 11 is 0. The van der Waals surface area contributed by atoms with Gasteiger partial charge in [0.25, 0.3) is 0 Å². The molecule has 0 saturated carbocycles. The molecule has 0 atom stereocenters. The minimum absolute atomic E-state index is 0.0278. The molecule has 0 heterocycles. The quantitative estimate of drug-likeness (QED) is 0.766. The number of carbonyl (C=O) groups excluding carboxylic acids is 1. The van der Waals surface area contributed by atoms with E-state index >= 15 is 0 Å². The summed E-state index contributed by atoms with van der Waals surface area (Å²) in [7, 11) is 1.69. The molecule has 0 spiro atoms. The van der Waals surface area contributed by atoms with Gasteiger partial charge in [0.1, 0.15) is 5.76 Å². The fourth-order valence-electron chi connectivity index (χ4n) is 2.31. The van der Waals surface area contributed by atoms with Crippen molar-refractivity contribution in [2.75, 3.05) is 7.05 Å². The van der Waals surface area contributed by atoms with Gasteiger partial charge >= 0.3 is 0 Å². The zero-order valence-electron chi connectivity index (χ0n) is 11.5. The lowest BCUT2D eigenvalue weighted by atomic mass is 9.75. The number of hydrogen-bond acceptors (Lipinski definition) is 3. The first-order valence-electron chi connectivity index (χ1n) is 6.18. The highest BCUT2D eigenvalue weighted by molar-refractivity contribution is 6.23. The molecule has 0 radical (unpaired) electrons. The second-order valence-electron chi connectivity index (χ2n) is 6.03. The number of rotatable bonds is 3. The van der Waals surface area contributed by atoms with Crippen LogP contribution in [0.5, 0.6) is 0 Å². The molecule has 1 rings (SSSR count). The molecule has 0 saturated heterocycles. The Bertz CT molecular complexity index is 376. The average molecular weight is 237 g/mol. The first kappa shape index (κ1) is 13.9. The Hall–Kier alpha value is -1.12. The van der Waals surface area contributed by atoms with Crippen molar-refractivity contribution in [1.82, 2.24) is 0 Å². The van der Waals surface area contributed by atoms with Crippen LogP contribution in [0.3, 0.4) is 0 Å². The van der Waals surface area contributed by atoms with Gasteiger partial charge in [0.2, 0.25) is 0 Å². The summed E-state index contributed by atoms with van der Waals surface area (Å²) in [5.41, 5.74) is 1.08. The maximum absolute atomic E-state index is 12.1. The van der Waals surface area contributed by atoms with Crippen LogP contribution in [0.1, 0.15) is 47.0 Å². The van der Waals surface area contributed by atoms with Crippen molar-refractivity contribution in [3.8, 4) is 0 Å². The molecule has 0 aromatic carbocycles. The highest BCUT2D eigenvalue weighted by Crippen LogP contribution is 2.36. The summed E-state index contributed by atoms with van der Waals surface area (Å²) in [6.07, 6.45) is 1.79. The predicted molar refractivity (Wildman–Crippen MR) is 70.5 cm³/mol. The van der Waals surface area contributed by atoms with Crippen LogP contribution < -0.4 is 0 Å². The van der Waals surface area contributed by atoms with Gasteiger partial charge in [0.15, 0.2) is 5.78 Å². The van der Waals surface area contributed by atoms with E-state index in [0.29, 0.717) is 24.3 Å². The van der Waals surface area contributed by atoms with Gasteiger partial charge in [0.05, 0.1) is 5.57 Å². The summed E-state index contributed by atoms with van der Waals surface area (Å²) in [4.78, 5) is 16.3. The van der Waals surface area contributed by atoms with Crippen LogP contribution in [0.4, 0.5) is 0 Å². The monoisotopic (exact) mass is 237 g/mol. The van der Waals surface area contributed by atoms with Crippen LogP contribution in [0.2, 0.25) is 0 Å². The molecule has 3 heteroatoms. The Balaban J connectivity index is 3.07. The molecule has 0 aromatic rings. The number of carbonyl (C=O) groups is 1. The number of aliphatic imine (C=N–C) groups is 1. The van der Waals surface area contributed by atoms with Crippen LogP contribution in [-0.2, 0) is 4.79 Å². The third-order valence-corrected chi connectivity index (χ3v) is 3.01. The normalized spacial score (nSPS) is 21.3. The standard InChI is InChI=1S/C14H23NO2/c1-9(2)6-10(15-5)13-11(16)7-14(3,4)8-12(13)17/h9,16H,6-8H2,1-5H3. The summed E-state index contributed by atoms with van der Waals surface area (Å²) in [6, 6.07) is 0. The van der Waals surface area contributed by atoms with Crippen LogP contribution in [0, 0.1) is 11.3 Å². The minimum atomic E-state index is -0.138.